The van der Waals surface area contributed by atoms with Crippen LogP contribution in [0.2, 0.25) is 0 Å². The highest BCUT2D eigenvalue weighted by atomic mass is 32.2. The molecule has 0 radical (unpaired) electrons. The van der Waals surface area contributed by atoms with Crippen LogP contribution in [0.3, 0.4) is 0 Å². The fourth-order valence-corrected chi connectivity index (χ4v) is 1.85. The van der Waals surface area contributed by atoms with Crippen LogP contribution in [0.15, 0.2) is 41.4 Å². The van der Waals surface area contributed by atoms with Crippen LogP contribution in [0.25, 0.3) is 0 Å². The van der Waals surface area contributed by atoms with Gasteiger partial charge < -0.3 is 5.73 Å². The average molecular weight is 213 g/mol. The molecule has 0 amide bonds. The van der Waals surface area contributed by atoms with Gasteiger partial charge in [-0.1, -0.05) is 24.3 Å². The zero-order valence-electron chi connectivity index (χ0n) is 7.42. The summed E-state index contributed by atoms with van der Waals surface area (Å²) in [5.41, 5.74) is 5.67. The first-order valence-electron chi connectivity index (χ1n) is 3.98. The number of allylic oxidation sites excluding steroid dienone is 1. The van der Waals surface area contributed by atoms with Gasteiger partial charge in [-0.25, -0.2) is 0 Å². The molecule has 0 saturated carbocycles. The van der Waals surface area contributed by atoms with Gasteiger partial charge in [-0.15, -0.1) is 0 Å². The Morgan fingerprint density at radius 1 is 1.36 bits per heavy atom. The van der Waals surface area contributed by atoms with Crippen LogP contribution < -0.4 is 5.73 Å². The van der Waals surface area contributed by atoms with Gasteiger partial charge in [-0.2, -0.15) is 8.42 Å². The summed E-state index contributed by atoms with van der Waals surface area (Å²) in [5, 5.41) is 0. The molecule has 14 heavy (non-hydrogen) atoms. The van der Waals surface area contributed by atoms with Crippen molar-refractivity contribution in [2.24, 2.45) is 5.73 Å². The lowest BCUT2D eigenvalue weighted by Gasteiger charge is -2.03. The molecule has 5 heteroatoms. The van der Waals surface area contributed by atoms with Gasteiger partial charge in [0.25, 0.3) is 10.1 Å². The van der Waals surface area contributed by atoms with Gasteiger partial charge in [0.15, 0.2) is 0 Å². The molecule has 0 saturated heterocycles. The van der Waals surface area contributed by atoms with Gasteiger partial charge in [-0.05, 0) is 24.3 Å². The summed E-state index contributed by atoms with van der Waals surface area (Å²) < 4.78 is 30.7. The summed E-state index contributed by atoms with van der Waals surface area (Å²) in [4.78, 5) is -0.0712. The van der Waals surface area contributed by atoms with Gasteiger partial charge in [0.05, 0.1) is 4.90 Å². The maximum Gasteiger partial charge on any atom is 0.294 e. The summed E-state index contributed by atoms with van der Waals surface area (Å²) in [6.45, 7) is 0. The van der Waals surface area contributed by atoms with E-state index in [9.17, 15) is 8.42 Å². The maximum atomic E-state index is 10.9. The van der Waals surface area contributed by atoms with Crippen LogP contribution in [0.1, 0.15) is 5.56 Å². The fraction of sp³-hybridized carbons (Fsp3) is 0.111. The quantitative estimate of drug-likeness (QED) is 0.732. The van der Waals surface area contributed by atoms with Crippen molar-refractivity contribution in [1.29, 1.82) is 0 Å². The molecule has 0 aliphatic rings. The Bertz CT molecular complexity index is 437. The van der Waals surface area contributed by atoms with E-state index in [2.05, 4.69) is 0 Å². The molecule has 3 N–H and O–H groups in total. The molecule has 0 bridgehead atoms. The predicted octanol–water partition coefficient (Wildman–Crippen LogP) is 0.948. The van der Waals surface area contributed by atoms with Gasteiger partial charge in [0.2, 0.25) is 0 Å². The summed E-state index contributed by atoms with van der Waals surface area (Å²) in [6, 6.07) is 6.24. The molecule has 76 valence electrons. The van der Waals surface area contributed by atoms with E-state index in [1.54, 1.807) is 24.3 Å². The van der Waals surface area contributed by atoms with E-state index in [4.69, 9.17) is 10.3 Å². The summed E-state index contributed by atoms with van der Waals surface area (Å²) in [6.07, 6.45) is 3.33. The van der Waals surface area contributed by atoms with E-state index in [1.165, 1.54) is 12.3 Å². The Labute approximate surface area is 82.8 Å². The maximum absolute atomic E-state index is 10.9. The third-order valence-electron chi connectivity index (χ3n) is 1.72. The minimum absolute atomic E-state index is 0.0712. The predicted molar refractivity (Wildman–Crippen MR) is 53.3 cm³/mol. The van der Waals surface area contributed by atoms with Crippen LogP contribution in [0.4, 0.5) is 0 Å². The number of benzene rings is 1. The highest BCUT2D eigenvalue weighted by Gasteiger charge is 2.12. The minimum Gasteiger partial charge on any atom is -0.405 e. The standard InChI is InChI=1S/C9H11NO3S/c10-7-3-5-8-4-1-2-6-9(8)14(11,12)13/h1-4,6-7H,5,10H2,(H,11,12,13). The third kappa shape index (κ3) is 2.58. The second-order valence-electron chi connectivity index (χ2n) is 2.72. The lowest BCUT2D eigenvalue weighted by atomic mass is 10.1. The molecule has 1 aromatic carbocycles. The first-order chi connectivity index (χ1) is 6.55. The molecule has 0 spiro atoms. The topological polar surface area (TPSA) is 80.4 Å². The second-order valence-corrected chi connectivity index (χ2v) is 4.11. The molecule has 0 heterocycles. The van der Waals surface area contributed by atoms with Crippen LogP contribution in [0.5, 0.6) is 0 Å². The molecule has 0 fully saturated rings. The first kappa shape index (κ1) is 10.7. The lowest BCUT2D eigenvalue weighted by Crippen LogP contribution is -2.02. The van der Waals surface area contributed by atoms with Crippen LogP contribution >= 0.6 is 0 Å². The van der Waals surface area contributed by atoms with E-state index >= 15 is 0 Å². The van der Waals surface area contributed by atoms with E-state index in [0.29, 0.717) is 12.0 Å². The highest BCUT2D eigenvalue weighted by molar-refractivity contribution is 7.85. The minimum atomic E-state index is -4.14. The number of rotatable bonds is 3. The van der Waals surface area contributed by atoms with Gasteiger partial charge >= 0.3 is 0 Å². The van der Waals surface area contributed by atoms with Crippen molar-refractivity contribution in [3.05, 3.63) is 42.1 Å². The molecule has 0 aliphatic carbocycles. The molecule has 0 aromatic heterocycles. The number of nitrogens with two attached hydrogens (primary N) is 1. The SMILES string of the molecule is NC=CCc1ccccc1S(=O)(=O)O. The Kier molecular flexibility index (Phi) is 3.27. The third-order valence-corrected chi connectivity index (χ3v) is 2.68. The van der Waals surface area contributed by atoms with Crippen LogP contribution in [-0.4, -0.2) is 13.0 Å². The largest absolute Gasteiger partial charge is 0.405 e. The average Bonchev–Trinajstić information content (AvgIpc) is 2.14. The lowest BCUT2D eigenvalue weighted by molar-refractivity contribution is 0.482. The fourth-order valence-electron chi connectivity index (χ4n) is 1.12. The monoisotopic (exact) mass is 213 g/mol. The van der Waals surface area contributed by atoms with E-state index in [1.807, 2.05) is 0 Å². The van der Waals surface area contributed by atoms with Crippen molar-refractivity contribution in [3.8, 4) is 0 Å². The van der Waals surface area contributed by atoms with E-state index in [-0.39, 0.29) is 4.90 Å². The number of hydrogen-bond donors (Lipinski definition) is 2. The Morgan fingerprint density at radius 3 is 2.57 bits per heavy atom. The Morgan fingerprint density at radius 2 is 2.00 bits per heavy atom. The molecule has 1 aromatic rings. The molecular formula is C9H11NO3S. The van der Waals surface area contributed by atoms with Gasteiger partial charge in [-0.3, -0.25) is 4.55 Å². The normalized spacial score (nSPS) is 12.1. The molecule has 0 unspecified atom stereocenters. The Balaban J connectivity index is 3.16. The van der Waals surface area contributed by atoms with Crippen molar-refractivity contribution >= 4 is 10.1 Å². The number of hydrogen-bond acceptors (Lipinski definition) is 3. The zero-order valence-corrected chi connectivity index (χ0v) is 8.24. The molecule has 0 atom stereocenters. The Hall–Kier alpha value is -1.33. The van der Waals surface area contributed by atoms with Crippen LogP contribution in [0, 0.1) is 0 Å². The van der Waals surface area contributed by atoms with Crippen molar-refractivity contribution in [2.75, 3.05) is 0 Å². The second kappa shape index (κ2) is 4.26. The van der Waals surface area contributed by atoms with Crippen molar-refractivity contribution in [3.63, 3.8) is 0 Å². The van der Waals surface area contributed by atoms with Crippen molar-refractivity contribution in [2.45, 2.75) is 11.3 Å². The van der Waals surface area contributed by atoms with Crippen molar-refractivity contribution < 1.29 is 13.0 Å². The molecule has 0 aliphatic heterocycles. The van der Waals surface area contributed by atoms with E-state index in [0.717, 1.165) is 0 Å². The summed E-state index contributed by atoms with van der Waals surface area (Å²) in [5.74, 6) is 0. The first-order valence-corrected chi connectivity index (χ1v) is 5.42. The molecule has 4 nitrogen and oxygen atoms in total. The zero-order chi connectivity index (χ0) is 10.6. The summed E-state index contributed by atoms with van der Waals surface area (Å²) >= 11 is 0. The molecule has 1 rings (SSSR count). The highest BCUT2D eigenvalue weighted by Crippen LogP contribution is 2.15. The van der Waals surface area contributed by atoms with E-state index < -0.39 is 10.1 Å². The molecular weight excluding hydrogens is 202 g/mol. The van der Waals surface area contributed by atoms with Crippen molar-refractivity contribution in [1.82, 2.24) is 0 Å². The smallest absolute Gasteiger partial charge is 0.294 e. The van der Waals surface area contributed by atoms with Crippen LogP contribution in [-0.2, 0) is 16.5 Å². The van der Waals surface area contributed by atoms with Gasteiger partial charge in [0.1, 0.15) is 0 Å². The summed E-state index contributed by atoms with van der Waals surface area (Å²) in [7, 11) is -4.14. The van der Waals surface area contributed by atoms with Gasteiger partial charge in [0, 0.05) is 0 Å².